The maximum absolute atomic E-state index is 9.12. The molecule has 56 valence electrons. The van der Waals surface area contributed by atoms with Crippen LogP contribution in [0.3, 0.4) is 0 Å². The Kier molecular flexibility index (Phi) is 1.95. The third-order valence-electron chi connectivity index (χ3n) is 2.14. The molecular weight excluding hydrogens is 124 g/mol. The number of hydrogen-bond acceptors (Lipinski definition) is 1. The average molecular weight is 138 g/mol. The van der Waals surface area contributed by atoms with Gasteiger partial charge in [-0.3, -0.25) is 0 Å². The van der Waals surface area contributed by atoms with Gasteiger partial charge in [-0.15, -0.1) is 6.58 Å². The summed E-state index contributed by atoms with van der Waals surface area (Å²) in [4.78, 5) is 0. The van der Waals surface area contributed by atoms with Crippen molar-refractivity contribution in [3.63, 3.8) is 0 Å². The Morgan fingerprint density at radius 2 is 2.50 bits per heavy atom. The molecule has 0 aliphatic heterocycles. The zero-order chi connectivity index (χ0) is 7.61. The highest BCUT2D eigenvalue weighted by Crippen LogP contribution is 2.30. The van der Waals surface area contributed by atoms with Crippen molar-refractivity contribution in [2.45, 2.75) is 25.9 Å². The van der Waals surface area contributed by atoms with Crippen molar-refractivity contribution >= 4 is 0 Å². The van der Waals surface area contributed by atoms with E-state index in [-0.39, 0.29) is 11.5 Å². The van der Waals surface area contributed by atoms with Gasteiger partial charge < -0.3 is 5.11 Å². The Hall–Kier alpha value is -0.560. The van der Waals surface area contributed by atoms with Crippen LogP contribution < -0.4 is 0 Å². The molecule has 1 heteroatoms. The summed E-state index contributed by atoms with van der Waals surface area (Å²) in [5.41, 5.74) is 0.124. The van der Waals surface area contributed by atoms with Crippen LogP contribution in [0.25, 0.3) is 0 Å². The van der Waals surface area contributed by atoms with Crippen LogP contribution in [0.1, 0.15) is 19.8 Å². The Bertz CT molecular complexity index is 160. The SMILES string of the molecule is C=CC1(C)C=C[C@H](O)CC1. The molecule has 1 aliphatic carbocycles. The summed E-state index contributed by atoms with van der Waals surface area (Å²) < 4.78 is 0. The number of allylic oxidation sites excluding steroid dienone is 2. The largest absolute Gasteiger partial charge is 0.389 e. The minimum Gasteiger partial charge on any atom is -0.389 e. The van der Waals surface area contributed by atoms with Crippen molar-refractivity contribution in [2.75, 3.05) is 0 Å². The molecule has 0 saturated heterocycles. The molecular formula is C9H14O. The molecule has 0 aromatic carbocycles. The summed E-state index contributed by atoms with van der Waals surface area (Å²) in [7, 11) is 0. The molecule has 0 spiro atoms. The predicted octanol–water partition coefficient (Wildman–Crippen LogP) is 1.89. The normalized spacial score (nSPS) is 39.6. The Morgan fingerprint density at radius 3 is 2.90 bits per heavy atom. The maximum atomic E-state index is 9.12. The highest BCUT2D eigenvalue weighted by Gasteiger charge is 2.21. The molecule has 10 heavy (non-hydrogen) atoms. The third-order valence-corrected chi connectivity index (χ3v) is 2.14. The van der Waals surface area contributed by atoms with Crippen LogP contribution in [-0.2, 0) is 0 Å². The first kappa shape index (κ1) is 7.55. The van der Waals surface area contributed by atoms with Gasteiger partial charge in [0.25, 0.3) is 0 Å². The van der Waals surface area contributed by atoms with Gasteiger partial charge in [-0.1, -0.05) is 25.2 Å². The van der Waals surface area contributed by atoms with E-state index >= 15 is 0 Å². The number of aliphatic hydroxyl groups is 1. The molecule has 1 aliphatic rings. The highest BCUT2D eigenvalue weighted by atomic mass is 16.3. The molecule has 1 rings (SSSR count). The zero-order valence-corrected chi connectivity index (χ0v) is 6.38. The molecule has 1 unspecified atom stereocenters. The van der Waals surface area contributed by atoms with Crippen molar-refractivity contribution in [3.05, 3.63) is 24.8 Å². The molecule has 1 N–H and O–H groups in total. The fourth-order valence-electron chi connectivity index (χ4n) is 1.14. The van der Waals surface area contributed by atoms with Gasteiger partial charge in [-0.25, -0.2) is 0 Å². The van der Waals surface area contributed by atoms with E-state index in [0.717, 1.165) is 12.8 Å². The fourth-order valence-corrected chi connectivity index (χ4v) is 1.14. The van der Waals surface area contributed by atoms with Crippen molar-refractivity contribution in [1.29, 1.82) is 0 Å². The van der Waals surface area contributed by atoms with E-state index in [9.17, 15) is 0 Å². The van der Waals surface area contributed by atoms with Crippen molar-refractivity contribution < 1.29 is 5.11 Å². The number of hydrogen-bond donors (Lipinski definition) is 1. The van der Waals surface area contributed by atoms with Gasteiger partial charge in [-0.05, 0) is 12.8 Å². The summed E-state index contributed by atoms with van der Waals surface area (Å²) in [5, 5.41) is 9.12. The summed E-state index contributed by atoms with van der Waals surface area (Å²) in [6, 6.07) is 0. The van der Waals surface area contributed by atoms with Gasteiger partial charge in [-0.2, -0.15) is 0 Å². The Labute approximate surface area is 62.1 Å². The van der Waals surface area contributed by atoms with Crippen LogP contribution in [0.4, 0.5) is 0 Å². The predicted molar refractivity (Wildman–Crippen MR) is 42.7 cm³/mol. The van der Waals surface area contributed by atoms with Crippen molar-refractivity contribution in [2.24, 2.45) is 5.41 Å². The number of aliphatic hydroxyl groups excluding tert-OH is 1. The van der Waals surface area contributed by atoms with Gasteiger partial charge in [0.05, 0.1) is 6.10 Å². The van der Waals surface area contributed by atoms with Crippen LogP contribution in [-0.4, -0.2) is 11.2 Å². The first-order valence-electron chi connectivity index (χ1n) is 3.67. The first-order chi connectivity index (χ1) is 4.66. The highest BCUT2D eigenvalue weighted by molar-refractivity contribution is 5.12. The van der Waals surface area contributed by atoms with Gasteiger partial charge in [0.1, 0.15) is 0 Å². The lowest BCUT2D eigenvalue weighted by molar-refractivity contribution is 0.186. The van der Waals surface area contributed by atoms with E-state index in [1.165, 1.54) is 0 Å². The zero-order valence-electron chi connectivity index (χ0n) is 6.38. The standard InChI is InChI=1S/C9H14O/c1-3-9(2)6-4-8(10)5-7-9/h3-4,6,8,10H,1,5,7H2,2H3/t8-,9?/m0/s1. The third kappa shape index (κ3) is 1.48. The molecule has 0 radical (unpaired) electrons. The topological polar surface area (TPSA) is 20.2 Å². The quantitative estimate of drug-likeness (QED) is 0.548. The van der Waals surface area contributed by atoms with Gasteiger partial charge in [0, 0.05) is 5.41 Å². The second kappa shape index (κ2) is 2.59. The Morgan fingerprint density at radius 1 is 1.80 bits per heavy atom. The van der Waals surface area contributed by atoms with Crippen molar-refractivity contribution in [3.8, 4) is 0 Å². The molecule has 0 heterocycles. The van der Waals surface area contributed by atoms with E-state index in [0.29, 0.717) is 0 Å². The summed E-state index contributed by atoms with van der Waals surface area (Å²) >= 11 is 0. The van der Waals surface area contributed by atoms with Crippen LogP contribution in [0.2, 0.25) is 0 Å². The molecule has 0 amide bonds. The molecule has 0 fully saturated rings. The first-order valence-corrected chi connectivity index (χ1v) is 3.67. The average Bonchev–Trinajstić information content (AvgIpc) is 1.96. The van der Waals surface area contributed by atoms with Gasteiger partial charge in [0.15, 0.2) is 0 Å². The van der Waals surface area contributed by atoms with E-state index in [4.69, 9.17) is 5.11 Å². The van der Waals surface area contributed by atoms with Crippen LogP contribution in [0.15, 0.2) is 24.8 Å². The minimum atomic E-state index is -0.229. The molecule has 0 saturated carbocycles. The summed E-state index contributed by atoms with van der Waals surface area (Å²) in [6.07, 6.45) is 7.47. The molecule has 2 atom stereocenters. The van der Waals surface area contributed by atoms with E-state index in [2.05, 4.69) is 13.5 Å². The monoisotopic (exact) mass is 138 g/mol. The second-order valence-corrected chi connectivity index (χ2v) is 3.18. The van der Waals surface area contributed by atoms with Gasteiger partial charge in [0.2, 0.25) is 0 Å². The molecule has 0 aromatic rings. The lowest BCUT2D eigenvalue weighted by atomic mass is 9.80. The smallest absolute Gasteiger partial charge is 0.0721 e. The van der Waals surface area contributed by atoms with E-state index in [1.807, 2.05) is 18.2 Å². The number of rotatable bonds is 1. The molecule has 0 bridgehead atoms. The van der Waals surface area contributed by atoms with Crippen LogP contribution in [0, 0.1) is 5.41 Å². The summed E-state index contributed by atoms with van der Waals surface area (Å²) in [5.74, 6) is 0. The van der Waals surface area contributed by atoms with Crippen LogP contribution >= 0.6 is 0 Å². The summed E-state index contributed by atoms with van der Waals surface area (Å²) in [6.45, 7) is 5.88. The molecule has 1 nitrogen and oxygen atoms in total. The van der Waals surface area contributed by atoms with E-state index < -0.39 is 0 Å². The molecule has 0 aromatic heterocycles. The van der Waals surface area contributed by atoms with Crippen LogP contribution in [0.5, 0.6) is 0 Å². The maximum Gasteiger partial charge on any atom is 0.0721 e. The lowest BCUT2D eigenvalue weighted by Gasteiger charge is -2.26. The second-order valence-electron chi connectivity index (χ2n) is 3.18. The minimum absolute atomic E-state index is 0.124. The Balaban J connectivity index is 2.68. The van der Waals surface area contributed by atoms with Crippen molar-refractivity contribution in [1.82, 2.24) is 0 Å². The fraction of sp³-hybridized carbons (Fsp3) is 0.556. The van der Waals surface area contributed by atoms with Gasteiger partial charge >= 0.3 is 0 Å². The van der Waals surface area contributed by atoms with E-state index in [1.54, 1.807) is 0 Å². The lowest BCUT2D eigenvalue weighted by Crippen LogP contribution is -2.19.